The van der Waals surface area contributed by atoms with Crippen LogP contribution < -0.4 is 10.7 Å². The first-order valence-electron chi connectivity index (χ1n) is 3.96. The van der Waals surface area contributed by atoms with Crippen LogP contribution in [0.1, 0.15) is 0 Å². The fourth-order valence-corrected chi connectivity index (χ4v) is 1.61. The molecule has 0 aromatic carbocycles. The molecule has 2 aliphatic heterocycles. The van der Waals surface area contributed by atoms with Crippen molar-refractivity contribution in [1.82, 2.24) is 25.6 Å². The second-order valence-corrected chi connectivity index (χ2v) is 3.10. The molecule has 2 bridgehead atoms. The van der Waals surface area contributed by atoms with Gasteiger partial charge in [-0.15, -0.1) is 0 Å². The normalized spacial score (nSPS) is 39.0. The minimum atomic E-state index is 1.01. The molecule has 5 nitrogen and oxygen atoms in total. The van der Waals surface area contributed by atoms with Crippen LogP contribution in [-0.4, -0.2) is 55.2 Å². The second-order valence-electron chi connectivity index (χ2n) is 3.10. The van der Waals surface area contributed by atoms with Crippen LogP contribution >= 0.6 is 0 Å². The van der Waals surface area contributed by atoms with E-state index in [1.54, 1.807) is 0 Å². The van der Waals surface area contributed by atoms with Crippen molar-refractivity contribution in [3.63, 3.8) is 0 Å². The maximum Gasteiger partial charge on any atom is 0.0683 e. The molecule has 0 aromatic rings. The highest BCUT2D eigenvalue weighted by molar-refractivity contribution is 4.69. The Morgan fingerprint density at radius 2 is 1.73 bits per heavy atom. The van der Waals surface area contributed by atoms with Crippen molar-refractivity contribution in [1.29, 1.82) is 0 Å². The zero-order chi connectivity index (χ0) is 7.68. The zero-order valence-corrected chi connectivity index (χ0v) is 6.88. The molecule has 2 aliphatic rings. The summed E-state index contributed by atoms with van der Waals surface area (Å²) in [5, 5.41) is 5.53. The predicted octanol–water partition coefficient (Wildman–Crippen LogP) is -1.57. The molecule has 0 aromatic heterocycles. The van der Waals surface area contributed by atoms with E-state index in [9.17, 15) is 0 Å². The zero-order valence-electron chi connectivity index (χ0n) is 6.88. The topological polar surface area (TPSA) is 33.8 Å². The molecule has 5 heteroatoms. The van der Waals surface area contributed by atoms with E-state index in [4.69, 9.17) is 0 Å². The van der Waals surface area contributed by atoms with Gasteiger partial charge in [-0.25, -0.2) is 5.01 Å². The lowest BCUT2D eigenvalue weighted by Crippen LogP contribution is -2.65. The van der Waals surface area contributed by atoms with Crippen LogP contribution in [0.4, 0.5) is 0 Å². The molecule has 2 atom stereocenters. The third kappa shape index (κ3) is 1.52. The average Bonchev–Trinajstić information content (AvgIpc) is 2.03. The van der Waals surface area contributed by atoms with Gasteiger partial charge in [-0.1, -0.05) is 0 Å². The van der Waals surface area contributed by atoms with Crippen molar-refractivity contribution in [3.05, 3.63) is 0 Å². The van der Waals surface area contributed by atoms with Gasteiger partial charge in [0.2, 0.25) is 0 Å². The smallest absolute Gasteiger partial charge is 0.0683 e. The molecular formula is C6H15N5. The molecule has 0 saturated carbocycles. The van der Waals surface area contributed by atoms with E-state index in [0.29, 0.717) is 0 Å². The summed E-state index contributed by atoms with van der Waals surface area (Å²) in [5.74, 6) is 0. The number of fused-ring (bicyclic) bond motifs is 2. The fourth-order valence-electron chi connectivity index (χ4n) is 1.61. The molecular weight excluding hydrogens is 142 g/mol. The van der Waals surface area contributed by atoms with E-state index in [0.717, 1.165) is 33.3 Å². The van der Waals surface area contributed by atoms with Gasteiger partial charge in [0.1, 0.15) is 0 Å². The Bertz CT molecular complexity index is 127. The van der Waals surface area contributed by atoms with Crippen molar-refractivity contribution in [2.24, 2.45) is 0 Å². The summed E-state index contributed by atoms with van der Waals surface area (Å²) < 4.78 is 0. The van der Waals surface area contributed by atoms with E-state index in [1.165, 1.54) is 0 Å². The van der Waals surface area contributed by atoms with Crippen molar-refractivity contribution in [2.45, 2.75) is 0 Å². The number of hydrazine groups is 1. The molecule has 64 valence electrons. The van der Waals surface area contributed by atoms with E-state index in [2.05, 4.69) is 25.6 Å². The molecule has 0 aliphatic carbocycles. The van der Waals surface area contributed by atoms with Crippen molar-refractivity contribution in [3.8, 4) is 0 Å². The van der Waals surface area contributed by atoms with E-state index in [-0.39, 0.29) is 0 Å². The number of rotatable bonds is 1. The molecule has 0 spiro atoms. The quantitative estimate of drug-likeness (QED) is 0.481. The van der Waals surface area contributed by atoms with Gasteiger partial charge in [0.05, 0.1) is 33.3 Å². The number of nitrogens with one attached hydrogen (secondary N) is 2. The Hall–Kier alpha value is -0.200. The maximum absolute atomic E-state index is 3.33. The van der Waals surface area contributed by atoms with Crippen LogP contribution in [-0.2, 0) is 0 Å². The van der Waals surface area contributed by atoms with Gasteiger partial charge in [0.25, 0.3) is 0 Å². The van der Waals surface area contributed by atoms with Crippen molar-refractivity contribution < 1.29 is 0 Å². The largest absolute Gasteiger partial charge is 0.291 e. The van der Waals surface area contributed by atoms with E-state index >= 15 is 0 Å². The molecule has 2 unspecified atom stereocenters. The van der Waals surface area contributed by atoms with Gasteiger partial charge in [-0.2, -0.15) is 0 Å². The van der Waals surface area contributed by atoms with Crippen molar-refractivity contribution in [2.75, 3.05) is 40.4 Å². The monoisotopic (exact) mass is 157 g/mol. The molecule has 2 saturated heterocycles. The summed E-state index contributed by atoms with van der Waals surface area (Å²) in [5.41, 5.74) is 3.15. The molecule has 0 radical (unpaired) electrons. The lowest BCUT2D eigenvalue weighted by molar-refractivity contribution is -0.0847. The van der Waals surface area contributed by atoms with Crippen LogP contribution in [0.2, 0.25) is 0 Å². The fraction of sp³-hybridized carbons (Fsp3) is 1.00. The van der Waals surface area contributed by atoms with Crippen molar-refractivity contribution >= 4 is 0 Å². The highest BCUT2D eigenvalue weighted by atomic mass is 15.7. The predicted molar refractivity (Wildman–Crippen MR) is 42.0 cm³/mol. The molecule has 2 N–H and O–H groups in total. The molecule has 0 amide bonds. The first-order valence-corrected chi connectivity index (χ1v) is 3.96. The van der Waals surface area contributed by atoms with Gasteiger partial charge in [0, 0.05) is 0 Å². The molecule has 2 heterocycles. The Labute approximate surface area is 66.9 Å². The lowest BCUT2D eigenvalue weighted by atomic mass is 10.5. The third-order valence-corrected chi connectivity index (χ3v) is 2.13. The first kappa shape index (κ1) is 7.45. The SMILES string of the molecule is CNN1CN2CNCN(C2)C1. The minimum Gasteiger partial charge on any atom is -0.291 e. The standard InChI is InChI=1S/C6H15N5/c1-7-11-5-9-2-8-3-10(4-9)6-11/h7-8H,2-6H2,1H3. The summed E-state index contributed by atoms with van der Waals surface area (Å²) >= 11 is 0. The van der Waals surface area contributed by atoms with E-state index in [1.807, 2.05) is 7.05 Å². The summed E-state index contributed by atoms with van der Waals surface area (Å²) in [6, 6.07) is 0. The molecule has 11 heavy (non-hydrogen) atoms. The van der Waals surface area contributed by atoms with Crippen LogP contribution in [0.3, 0.4) is 0 Å². The first-order chi connectivity index (χ1) is 5.38. The summed E-state index contributed by atoms with van der Waals surface area (Å²) in [6.07, 6.45) is 0. The Morgan fingerprint density at radius 1 is 1.09 bits per heavy atom. The highest BCUT2D eigenvalue weighted by Gasteiger charge is 2.24. The van der Waals surface area contributed by atoms with Gasteiger partial charge >= 0.3 is 0 Å². The van der Waals surface area contributed by atoms with Crippen LogP contribution in [0.25, 0.3) is 0 Å². The third-order valence-electron chi connectivity index (χ3n) is 2.13. The minimum absolute atomic E-state index is 1.01. The van der Waals surface area contributed by atoms with Crippen LogP contribution in [0, 0.1) is 0 Å². The summed E-state index contributed by atoms with van der Waals surface area (Å²) in [7, 11) is 1.97. The molecule has 2 rings (SSSR count). The van der Waals surface area contributed by atoms with Gasteiger partial charge in [0.15, 0.2) is 0 Å². The van der Waals surface area contributed by atoms with Crippen LogP contribution in [0.5, 0.6) is 0 Å². The summed E-state index contributed by atoms with van der Waals surface area (Å²) in [6.45, 7) is 5.15. The lowest BCUT2D eigenvalue weighted by Gasteiger charge is -2.45. The number of hydrogen-bond acceptors (Lipinski definition) is 5. The Morgan fingerprint density at radius 3 is 2.27 bits per heavy atom. The maximum atomic E-state index is 3.33. The van der Waals surface area contributed by atoms with Crippen LogP contribution in [0.15, 0.2) is 0 Å². The number of nitrogens with zero attached hydrogens (tertiary/aromatic N) is 3. The van der Waals surface area contributed by atoms with E-state index < -0.39 is 0 Å². The highest BCUT2D eigenvalue weighted by Crippen LogP contribution is 2.05. The Balaban J connectivity index is 1.94. The number of hydrogen-bond donors (Lipinski definition) is 2. The second kappa shape index (κ2) is 3.04. The average molecular weight is 157 g/mol. The molecule has 2 fully saturated rings. The van der Waals surface area contributed by atoms with Gasteiger partial charge in [-0.3, -0.25) is 20.5 Å². The summed E-state index contributed by atoms with van der Waals surface area (Å²) in [4.78, 5) is 4.70. The van der Waals surface area contributed by atoms with Gasteiger partial charge in [-0.05, 0) is 7.05 Å². The Kier molecular flexibility index (Phi) is 2.06. The van der Waals surface area contributed by atoms with Gasteiger partial charge < -0.3 is 0 Å².